The van der Waals surface area contributed by atoms with E-state index in [9.17, 15) is 8.78 Å². The van der Waals surface area contributed by atoms with Crippen LogP contribution in [0, 0.1) is 11.6 Å². The summed E-state index contributed by atoms with van der Waals surface area (Å²) < 4.78 is 26.8. The number of pyridine rings is 2. The highest BCUT2D eigenvalue weighted by atomic mass is 35.5. The quantitative estimate of drug-likeness (QED) is 0.522. The van der Waals surface area contributed by atoms with Crippen LogP contribution in [0.15, 0.2) is 48.7 Å². The van der Waals surface area contributed by atoms with E-state index in [1.807, 2.05) is 18.2 Å². The molecule has 5 nitrogen and oxygen atoms in total. The first-order chi connectivity index (χ1) is 14.6. The van der Waals surface area contributed by atoms with Gasteiger partial charge in [0.25, 0.3) is 0 Å². The third-order valence-electron chi connectivity index (χ3n) is 4.93. The maximum Gasteiger partial charge on any atom is 0.126 e. The summed E-state index contributed by atoms with van der Waals surface area (Å²) in [5.41, 5.74) is 1.94. The van der Waals surface area contributed by atoms with Gasteiger partial charge in [0, 0.05) is 37.0 Å². The molecule has 1 aromatic carbocycles. The van der Waals surface area contributed by atoms with Crippen LogP contribution in [0.1, 0.15) is 18.4 Å². The Morgan fingerprint density at radius 1 is 1.10 bits per heavy atom. The number of rotatable bonds is 6. The Morgan fingerprint density at radius 2 is 1.93 bits per heavy atom. The number of nitrogens with zero attached hydrogens (tertiary/aromatic N) is 2. The Kier molecular flexibility index (Phi) is 6.40. The lowest BCUT2D eigenvalue weighted by molar-refractivity contribution is 0.479. The summed E-state index contributed by atoms with van der Waals surface area (Å²) in [6.45, 7) is 2.19. The molecular weight excluding hydrogens is 408 g/mol. The van der Waals surface area contributed by atoms with Crippen LogP contribution in [0.4, 0.5) is 20.4 Å². The van der Waals surface area contributed by atoms with Gasteiger partial charge in [-0.2, -0.15) is 0 Å². The van der Waals surface area contributed by atoms with Gasteiger partial charge in [0.1, 0.15) is 23.3 Å². The lowest BCUT2D eigenvalue weighted by atomic mass is 10.1. The Balaban J connectivity index is 1.50. The van der Waals surface area contributed by atoms with Crippen LogP contribution < -0.4 is 16.0 Å². The Hall–Kier alpha value is -2.77. The molecule has 1 aliphatic rings. The summed E-state index contributed by atoms with van der Waals surface area (Å²) >= 11 is 6.39. The van der Waals surface area contributed by atoms with Crippen LogP contribution in [0.3, 0.4) is 0 Å². The van der Waals surface area contributed by atoms with Gasteiger partial charge < -0.3 is 16.0 Å². The molecule has 3 aromatic rings. The molecule has 1 aliphatic heterocycles. The molecule has 0 amide bonds. The van der Waals surface area contributed by atoms with Gasteiger partial charge in [0.15, 0.2) is 0 Å². The van der Waals surface area contributed by atoms with Gasteiger partial charge in [-0.25, -0.2) is 18.7 Å². The average Bonchev–Trinajstić information content (AvgIpc) is 2.74. The van der Waals surface area contributed by atoms with Crippen molar-refractivity contribution in [2.45, 2.75) is 25.4 Å². The number of hydrogen-bond donors (Lipinski definition) is 3. The van der Waals surface area contributed by atoms with E-state index in [1.165, 1.54) is 12.1 Å². The van der Waals surface area contributed by atoms with Crippen LogP contribution in [0.2, 0.25) is 5.02 Å². The summed E-state index contributed by atoms with van der Waals surface area (Å²) in [5, 5.41) is 10.4. The maximum atomic E-state index is 13.4. The van der Waals surface area contributed by atoms with E-state index in [0.717, 1.165) is 43.4 Å². The zero-order chi connectivity index (χ0) is 20.9. The molecule has 0 radical (unpaired) electrons. The zero-order valence-corrected chi connectivity index (χ0v) is 17.0. The van der Waals surface area contributed by atoms with Gasteiger partial charge in [-0.05, 0) is 55.3 Å². The molecule has 0 aliphatic carbocycles. The summed E-state index contributed by atoms with van der Waals surface area (Å²) in [6, 6.07) is 11.2. The van der Waals surface area contributed by atoms with Crippen molar-refractivity contribution in [1.82, 2.24) is 15.3 Å². The Labute approximate surface area is 178 Å². The standard InChI is InChI=1S/C22H22ClF2N5/c23-19-13-28-22(29-17-3-2-6-26-12-17)10-18(19)20-4-1-5-21(30-20)27-11-14-7-15(24)9-16(25)8-14/h1,4-5,7-10,13,17,26H,2-3,6,11-12H2,(H,27,30)(H,28,29). The molecule has 1 unspecified atom stereocenters. The van der Waals surface area contributed by atoms with E-state index in [0.29, 0.717) is 28.1 Å². The molecule has 8 heteroatoms. The lowest BCUT2D eigenvalue weighted by Crippen LogP contribution is -2.38. The van der Waals surface area contributed by atoms with Crippen LogP contribution in [0.25, 0.3) is 11.3 Å². The number of halogens is 3. The molecule has 30 heavy (non-hydrogen) atoms. The van der Waals surface area contributed by atoms with Crippen LogP contribution in [-0.4, -0.2) is 29.1 Å². The van der Waals surface area contributed by atoms with Gasteiger partial charge in [-0.15, -0.1) is 0 Å². The number of nitrogens with one attached hydrogen (secondary N) is 3. The number of piperidine rings is 1. The third kappa shape index (κ3) is 5.23. The molecular formula is C22H22ClF2N5. The Morgan fingerprint density at radius 3 is 2.70 bits per heavy atom. The van der Waals surface area contributed by atoms with E-state index in [-0.39, 0.29) is 6.54 Å². The average molecular weight is 430 g/mol. The molecule has 0 bridgehead atoms. The summed E-state index contributed by atoms with van der Waals surface area (Å²) in [5.74, 6) is 0.116. The van der Waals surface area contributed by atoms with Crippen LogP contribution in [-0.2, 0) is 6.54 Å². The van der Waals surface area contributed by atoms with Crippen molar-refractivity contribution in [2.75, 3.05) is 23.7 Å². The zero-order valence-electron chi connectivity index (χ0n) is 16.3. The van der Waals surface area contributed by atoms with E-state index in [2.05, 4.69) is 25.9 Å². The molecule has 3 N–H and O–H groups in total. The van der Waals surface area contributed by atoms with Crippen LogP contribution >= 0.6 is 11.6 Å². The SMILES string of the molecule is Fc1cc(F)cc(CNc2cccc(-c3cc(NC4CCCNC4)ncc3Cl)n2)c1. The smallest absolute Gasteiger partial charge is 0.126 e. The molecule has 0 spiro atoms. The first-order valence-electron chi connectivity index (χ1n) is 9.86. The number of anilines is 2. The largest absolute Gasteiger partial charge is 0.366 e. The van der Waals surface area contributed by atoms with Crippen molar-refractivity contribution in [3.8, 4) is 11.3 Å². The predicted molar refractivity (Wildman–Crippen MR) is 116 cm³/mol. The van der Waals surface area contributed by atoms with Crippen molar-refractivity contribution in [2.24, 2.45) is 0 Å². The molecule has 0 saturated carbocycles. The fraction of sp³-hybridized carbons (Fsp3) is 0.273. The minimum absolute atomic E-state index is 0.247. The molecule has 1 saturated heterocycles. The molecule has 1 atom stereocenters. The number of hydrogen-bond acceptors (Lipinski definition) is 5. The fourth-order valence-corrected chi connectivity index (χ4v) is 3.69. The van der Waals surface area contributed by atoms with Gasteiger partial charge in [-0.3, -0.25) is 0 Å². The normalized spacial score (nSPS) is 16.3. The lowest BCUT2D eigenvalue weighted by Gasteiger charge is -2.24. The van der Waals surface area contributed by atoms with Gasteiger partial charge >= 0.3 is 0 Å². The highest BCUT2D eigenvalue weighted by molar-refractivity contribution is 6.33. The second-order valence-electron chi connectivity index (χ2n) is 7.28. The molecule has 2 aromatic heterocycles. The summed E-state index contributed by atoms with van der Waals surface area (Å²) in [4.78, 5) is 8.99. The topological polar surface area (TPSA) is 61.9 Å². The monoisotopic (exact) mass is 429 g/mol. The van der Waals surface area contributed by atoms with Crippen molar-refractivity contribution in [3.63, 3.8) is 0 Å². The van der Waals surface area contributed by atoms with E-state index < -0.39 is 11.6 Å². The van der Waals surface area contributed by atoms with Gasteiger partial charge in [-0.1, -0.05) is 17.7 Å². The number of benzene rings is 1. The third-order valence-corrected chi connectivity index (χ3v) is 5.23. The van der Waals surface area contributed by atoms with Crippen molar-refractivity contribution >= 4 is 23.2 Å². The minimum Gasteiger partial charge on any atom is -0.366 e. The highest BCUT2D eigenvalue weighted by Crippen LogP contribution is 2.29. The van der Waals surface area contributed by atoms with Gasteiger partial charge in [0.2, 0.25) is 0 Å². The molecule has 1 fully saturated rings. The highest BCUT2D eigenvalue weighted by Gasteiger charge is 2.15. The first-order valence-corrected chi connectivity index (χ1v) is 10.2. The van der Waals surface area contributed by atoms with Crippen molar-refractivity contribution in [1.29, 1.82) is 0 Å². The van der Waals surface area contributed by atoms with E-state index in [4.69, 9.17) is 11.6 Å². The second kappa shape index (κ2) is 9.36. The second-order valence-corrected chi connectivity index (χ2v) is 7.68. The number of aromatic nitrogens is 2. The maximum absolute atomic E-state index is 13.4. The fourth-order valence-electron chi connectivity index (χ4n) is 3.49. The van der Waals surface area contributed by atoms with Crippen molar-refractivity contribution < 1.29 is 8.78 Å². The van der Waals surface area contributed by atoms with Gasteiger partial charge in [0.05, 0.1) is 10.7 Å². The first kappa shape index (κ1) is 20.5. The van der Waals surface area contributed by atoms with Crippen LogP contribution in [0.5, 0.6) is 0 Å². The minimum atomic E-state index is -0.606. The predicted octanol–water partition coefficient (Wildman–Crippen LogP) is 4.85. The van der Waals surface area contributed by atoms with Crippen molar-refractivity contribution in [3.05, 3.63) is 70.9 Å². The molecule has 3 heterocycles. The van der Waals surface area contributed by atoms with E-state index in [1.54, 1.807) is 12.3 Å². The van der Waals surface area contributed by atoms with E-state index >= 15 is 0 Å². The molecule has 156 valence electrons. The summed E-state index contributed by atoms with van der Waals surface area (Å²) in [6.07, 6.45) is 3.83. The summed E-state index contributed by atoms with van der Waals surface area (Å²) in [7, 11) is 0. The Bertz CT molecular complexity index is 1000. The molecule has 4 rings (SSSR count).